The Labute approximate surface area is 139 Å². The number of benzene rings is 1. The van der Waals surface area contributed by atoms with Gasteiger partial charge in [-0.25, -0.2) is 5.53 Å². The van der Waals surface area contributed by atoms with Crippen molar-refractivity contribution in [2.45, 2.75) is 38.4 Å². The normalized spacial score (nSPS) is 23.6. The lowest BCUT2D eigenvalue weighted by Crippen LogP contribution is -2.06. The molecule has 0 unspecified atom stereocenters. The van der Waals surface area contributed by atoms with Gasteiger partial charge in [0.1, 0.15) is 0 Å². The Kier molecular flexibility index (Phi) is 4.73. The van der Waals surface area contributed by atoms with Gasteiger partial charge in [-0.1, -0.05) is 23.7 Å². The molecule has 1 aromatic carbocycles. The average molecular weight is 335 g/mol. The second kappa shape index (κ2) is 6.76. The highest BCUT2D eigenvalue weighted by molar-refractivity contribution is 6.31. The van der Waals surface area contributed by atoms with Gasteiger partial charge < -0.3 is 10.6 Å². The van der Waals surface area contributed by atoms with E-state index in [1.165, 1.54) is 0 Å². The standard InChI is InChI=1S/C16H19ClN4O2/c17-14-6-9(1-2-10(14)8-23-12-3-4-12)15(22)7-11-5-13(11)16(20-18)21-19/h1-2,6,11-13,18H,3-5,7-8,19H2/t11-,13+/m1/s1. The van der Waals surface area contributed by atoms with Gasteiger partial charge in [-0.2, -0.15) is 5.10 Å². The van der Waals surface area contributed by atoms with Crippen LogP contribution in [0.1, 0.15) is 41.6 Å². The van der Waals surface area contributed by atoms with E-state index >= 15 is 0 Å². The summed E-state index contributed by atoms with van der Waals surface area (Å²) in [7, 11) is 0. The summed E-state index contributed by atoms with van der Waals surface area (Å²) in [4.78, 5) is 12.3. The molecule has 0 bridgehead atoms. The number of ether oxygens (including phenoxy) is 1. The fourth-order valence-corrected chi connectivity index (χ4v) is 2.87. The van der Waals surface area contributed by atoms with Crippen molar-refractivity contribution in [1.29, 1.82) is 5.53 Å². The number of halogens is 1. The lowest BCUT2D eigenvalue weighted by Gasteiger charge is -2.07. The Hall–Kier alpha value is -1.79. The van der Waals surface area contributed by atoms with E-state index in [0.29, 0.717) is 35.6 Å². The van der Waals surface area contributed by atoms with Crippen LogP contribution in [-0.2, 0) is 11.3 Å². The number of amidine groups is 1. The minimum atomic E-state index is 0.0307. The zero-order valence-electron chi connectivity index (χ0n) is 12.7. The van der Waals surface area contributed by atoms with Crippen molar-refractivity contribution >= 4 is 23.2 Å². The van der Waals surface area contributed by atoms with Crippen LogP contribution < -0.4 is 5.84 Å². The van der Waals surface area contributed by atoms with Crippen molar-refractivity contribution < 1.29 is 9.53 Å². The van der Waals surface area contributed by atoms with Gasteiger partial charge in [-0.05, 0) is 36.8 Å². The SMILES string of the molecule is N=NC(=NN)[C@H]1C[C@@H]1CC(=O)c1ccc(COC2CC2)c(Cl)c1. The number of hydrogen-bond acceptors (Lipinski definition) is 5. The quantitative estimate of drug-likeness (QED) is 0.199. The van der Waals surface area contributed by atoms with Crippen LogP contribution in [0.2, 0.25) is 5.02 Å². The molecule has 2 atom stereocenters. The van der Waals surface area contributed by atoms with Crippen LogP contribution in [0.4, 0.5) is 0 Å². The molecule has 3 rings (SSSR count). The Bertz CT molecular complexity index is 657. The number of rotatable bonds is 7. The first-order valence-corrected chi connectivity index (χ1v) is 8.08. The highest BCUT2D eigenvalue weighted by Gasteiger charge is 2.42. The zero-order valence-corrected chi connectivity index (χ0v) is 13.4. The predicted molar refractivity (Wildman–Crippen MR) is 86.6 cm³/mol. The van der Waals surface area contributed by atoms with E-state index in [0.717, 1.165) is 24.8 Å². The molecule has 7 heteroatoms. The smallest absolute Gasteiger partial charge is 0.173 e. The van der Waals surface area contributed by atoms with Gasteiger partial charge in [0.05, 0.1) is 12.7 Å². The first-order valence-electron chi connectivity index (χ1n) is 7.70. The molecule has 0 amide bonds. The number of carbonyl (C=O) groups is 1. The molecule has 3 N–H and O–H groups in total. The van der Waals surface area contributed by atoms with E-state index in [4.69, 9.17) is 27.7 Å². The molecule has 6 nitrogen and oxygen atoms in total. The van der Waals surface area contributed by atoms with Crippen molar-refractivity contribution in [3.8, 4) is 0 Å². The van der Waals surface area contributed by atoms with Gasteiger partial charge in [0.2, 0.25) is 0 Å². The summed E-state index contributed by atoms with van der Waals surface area (Å²) in [6, 6.07) is 5.36. The number of ketones is 1. The summed E-state index contributed by atoms with van der Waals surface area (Å²) < 4.78 is 5.64. The fourth-order valence-electron chi connectivity index (χ4n) is 2.63. The van der Waals surface area contributed by atoms with Crippen molar-refractivity contribution in [3.63, 3.8) is 0 Å². The molecule has 2 aliphatic carbocycles. The van der Waals surface area contributed by atoms with Gasteiger partial charge in [-0.15, -0.1) is 5.11 Å². The van der Waals surface area contributed by atoms with Gasteiger partial charge in [0.15, 0.2) is 11.6 Å². The molecular weight excluding hydrogens is 316 g/mol. The molecule has 0 heterocycles. The zero-order chi connectivity index (χ0) is 16.4. The fraction of sp³-hybridized carbons (Fsp3) is 0.500. The molecule has 0 saturated heterocycles. The van der Waals surface area contributed by atoms with E-state index in [2.05, 4.69) is 10.2 Å². The highest BCUT2D eigenvalue weighted by Crippen LogP contribution is 2.43. The predicted octanol–water partition coefficient (Wildman–Crippen LogP) is 3.53. The molecule has 2 saturated carbocycles. The van der Waals surface area contributed by atoms with E-state index < -0.39 is 0 Å². The van der Waals surface area contributed by atoms with Crippen molar-refractivity contribution in [1.82, 2.24) is 0 Å². The van der Waals surface area contributed by atoms with Crippen molar-refractivity contribution in [2.75, 3.05) is 0 Å². The maximum absolute atomic E-state index is 12.3. The van der Waals surface area contributed by atoms with Gasteiger partial charge in [0.25, 0.3) is 0 Å². The summed E-state index contributed by atoms with van der Waals surface area (Å²) in [6.45, 7) is 0.490. The Morgan fingerprint density at radius 1 is 1.43 bits per heavy atom. The molecule has 0 aliphatic heterocycles. The molecule has 2 aliphatic rings. The van der Waals surface area contributed by atoms with Crippen LogP contribution in [-0.4, -0.2) is 17.7 Å². The lowest BCUT2D eigenvalue weighted by molar-refractivity contribution is 0.0973. The number of carbonyl (C=O) groups excluding carboxylic acids is 1. The third-order valence-corrected chi connectivity index (χ3v) is 4.67. The number of nitrogens with one attached hydrogen (secondary N) is 1. The molecule has 1 aromatic rings. The van der Waals surface area contributed by atoms with Gasteiger partial charge in [-0.3, -0.25) is 4.79 Å². The molecule has 0 aromatic heterocycles. The average Bonchev–Trinajstić information content (AvgIpc) is 3.44. The third kappa shape index (κ3) is 3.95. The first-order chi connectivity index (χ1) is 11.1. The van der Waals surface area contributed by atoms with Crippen molar-refractivity contribution in [2.24, 2.45) is 27.9 Å². The van der Waals surface area contributed by atoms with Crippen LogP contribution in [0.15, 0.2) is 28.4 Å². The third-order valence-electron chi connectivity index (χ3n) is 4.32. The number of Topliss-reactive ketones (excluding diaryl/α,β-unsaturated/α-hetero) is 1. The Morgan fingerprint density at radius 2 is 2.22 bits per heavy atom. The van der Waals surface area contributed by atoms with Crippen LogP contribution in [0, 0.1) is 17.4 Å². The molecule has 23 heavy (non-hydrogen) atoms. The number of hydrogen-bond donors (Lipinski definition) is 2. The van der Waals surface area contributed by atoms with Gasteiger partial charge >= 0.3 is 0 Å². The Morgan fingerprint density at radius 3 is 2.83 bits per heavy atom. The summed E-state index contributed by atoms with van der Waals surface area (Å²) >= 11 is 6.25. The summed E-state index contributed by atoms with van der Waals surface area (Å²) in [5.41, 5.74) is 8.50. The van der Waals surface area contributed by atoms with E-state index in [1.54, 1.807) is 12.1 Å². The first kappa shape index (κ1) is 16.1. The summed E-state index contributed by atoms with van der Waals surface area (Å²) in [5.74, 6) is 5.72. The van der Waals surface area contributed by atoms with Crippen LogP contribution in [0.25, 0.3) is 0 Å². The second-order valence-corrected chi connectivity index (χ2v) is 6.55. The monoisotopic (exact) mass is 334 g/mol. The molecule has 0 radical (unpaired) electrons. The highest BCUT2D eigenvalue weighted by atomic mass is 35.5. The molecular formula is C16H19ClN4O2. The Balaban J connectivity index is 1.57. The number of nitrogens with two attached hydrogens (primary N) is 1. The number of nitrogens with zero attached hydrogens (tertiary/aromatic N) is 2. The van der Waals surface area contributed by atoms with E-state index in [9.17, 15) is 4.79 Å². The largest absolute Gasteiger partial charge is 0.373 e. The van der Waals surface area contributed by atoms with Crippen molar-refractivity contribution in [3.05, 3.63) is 34.3 Å². The topological polar surface area (TPSA) is 101 Å². The summed E-state index contributed by atoms with van der Waals surface area (Å²) in [6.07, 6.45) is 3.81. The second-order valence-electron chi connectivity index (χ2n) is 6.15. The van der Waals surface area contributed by atoms with Crippen LogP contribution >= 0.6 is 11.6 Å². The van der Waals surface area contributed by atoms with Crippen LogP contribution in [0.5, 0.6) is 0 Å². The molecule has 122 valence electrons. The molecule has 0 spiro atoms. The summed E-state index contributed by atoms with van der Waals surface area (Å²) in [5, 5.41) is 7.34. The minimum Gasteiger partial charge on any atom is -0.373 e. The van der Waals surface area contributed by atoms with Crippen LogP contribution in [0.3, 0.4) is 0 Å². The minimum absolute atomic E-state index is 0.0307. The number of hydrazone groups is 1. The lowest BCUT2D eigenvalue weighted by atomic mass is 10.0. The van der Waals surface area contributed by atoms with Gasteiger partial charge in [0, 0.05) is 22.9 Å². The van der Waals surface area contributed by atoms with E-state index in [1.807, 2.05) is 6.07 Å². The van der Waals surface area contributed by atoms with E-state index in [-0.39, 0.29) is 17.6 Å². The molecule has 2 fully saturated rings. The maximum atomic E-state index is 12.3. The maximum Gasteiger partial charge on any atom is 0.173 e.